The zero-order chi connectivity index (χ0) is 20.2. The smallest absolute Gasteiger partial charge is 0.203 e. The molecule has 4 rings (SSSR count). The highest BCUT2D eigenvalue weighted by molar-refractivity contribution is 7.71. The van der Waals surface area contributed by atoms with Gasteiger partial charge in [-0.15, -0.1) is 0 Å². The van der Waals surface area contributed by atoms with E-state index in [0.29, 0.717) is 29.0 Å². The summed E-state index contributed by atoms with van der Waals surface area (Å²) in [5, 5.41) is 5.51. The monoisotopic (exact) mass is 428 g/mol. The van der Waals surface area contributed by atoms with E-state index in [0.717, 1.165) is 30.4 Å². The maximum absolute atomic E-state index is 5.97. The molecule has 0 bridgehead atoms. The van der Waals surface area contributed by atoms with Crippen LogP contribution in [0.2, 0.25) is 5.02 Å². The molecule has 29 heavy (non-hydrogen) atoms. The van der Waals surface area contributed by atoms with Gasteiger partial charge in [0.25, 0.3) is 0 Å². The van der Waals surface area contributed by atoms with Crippen molar-refractivity contribution in [3.63, 3.8) is 0 Å². The van der Waals surface area contributed by atoms with Gasteiger partial charge in [0.1, 0.15) is 12.4 Å². The number of aromatic nitrogens is 3. The van der Waals surface area contributed by atoms with Crippen LogP contribution in [0.4, 0.5) is 0 Å². The topological polar surface area (TPSA) is 35.2 Å². The molecule has 1 atom stereocenters. The molecule has 0 radical (unpaired) electrons. The van der Waals surface area contributed by atoms with E-state index >= 15 is 0 Å². The van der Waals surface area contributed by atoms with Crippen molar-refractivity contribution < 1.29 is 4.74 Å². The number of hydrogen-bond acceptors (Lipinski definition) is 4. The Balaban J connectivity index is 1.61. The molecule has 3 aromatic rings. The van der Waals surface area contributed by atoms with Gasteiger partial charge in [0.15, 0.2) is 5.82 Å². The molecular weight excluding hydrogens is 404 g/mol. The maximum atomic E-state index is 5.97. The summed E-state index contributed by atoms with van der Waals surface area (Å²) < 4.78 is 10.6. The Labute approximate surface area is 181 Å². The van der Waals surface area contributed by atoms with Crippen LogP contribution < -0.4 is 4.74 Å². The fraction of sp³-hybridized carbons (Fsp3) is 0.364. The molecule has 5 nitrogen and oxygen atoms in total. The predicted octanol–water partition coefficient (Wildman–Crippen LogP) is 5.33. The minimum Gasteiger partial charge on any atom is -0.486 e. The average molecular weight is 429 g/mol. The standard InChI is InChI=1S/C22H25ClN4OS/c1-17-6-5-13-25(14-17)16-26-22(29)27(19-7-3-2-4-8-19)21(24-26)15-28-20-11-9-18(23)10-12-20/h2-4,7-12,17H,5-6,13-16H2,1H3/t17-/m1/s1. The Morgan fingerprint density at radius 3 is 2.62 bits per heavy atom. The zero-order valence-corrected chi connectivity index (χ0v) is 18.1. The quantitative estimate of drug-likeness (QED) is 0.497. The molecule has 0 amide bonds. The lowest BCUT2D eigenvalue weighted by Crippen LogP contribution is -2.36. The highest BCUT2D eigenvalue weighted by Gasteiger charge is 2.19. The molecule has 0 spiro atoms. The molecule has 1 fully saturated rings. The minimum atomic E-state index is 0.323. The third-order valence-electron chi connectivity index (χ3n) is 5.18. The van der Waals surface area contributed by atoms with Gasteiger partial charge in [0, 0.05) is 17.3 Å². The van der Waals surface area contributed by atoms with Crippen molar-refractivity contribution in [1.29, 1.82) is 0 Å². The van der Waals surface area contributed by atoms with Crippen molar-refractivity contribution in [2.45, 2.75) is 33.0 Å². The van der Waals surface area contributed by atoms with E-state index in [9.17, 15) is 0 Å². The third kappa shape index (κ3) is 4.89. The van der Waals surface area contributed by atoms with Gasteiger partial charge in [-0.2, -0.15) is 5.10 Å². The first kappa shape index (κ1) is 20.1. The van der Waals surface area contributed by atoms with Gasteiger partial charge >= 0.3 is 0 Å². The SMILES string of the molecule is C[C@@H]1CCCN(Cn2nc(COc3ccc(Cl)cc3)n(-c3ccccc3)c2=S)C1. The third-order valence-corrected chi connectivity index (χ3v) is 5.82. The van der Waals surface area contributed by atoms with E-state index in [-0.39, 0.29) is 0 Å². The van der Waals surface area contributed by atoms with E-state index < -0.39 is 0 Å². The Hall–Kier alpha value is -2.15. The lowest BCUT2D eigenvalue weighted by molar-refractivity contribution is 0.137. The molecule has 0 aliphatic carbocycles. The summed E-state index contributed by atoms with van der Waals surface area (Å²) in [5.74, 6) is 2.24. The molecule has 152 valence electrons. The molecule has 0 saturated carbocycles. The summed E-state index contributed by atoms with van der Waals surface area (Å²) in [5.41, 5.74) is 0.991. The molecule has 1 saturated heterocycles. The summed E-state index contributed by atoms with van der Waals surface area (Å²) in [6.45, 7) is 5.50. The predicted molar refractivity (Wildman–Crippen MR) is 118 cm³/mol. The second-order valence-corrected chi connectivity index (χ2v) is 8.38. The van der Waals surface area contributed by atoms with Crippen LogP contribution in [0.3, 0.4) is 0 Å². The summed E-state index contributed by atoms with van der Waals surface area (Å²) in [7, 11) is 0. The molecule has 0 N–H and O–H groups in total. The Morgan fingerprint density at radius 1 is 1.14 bits per heavy atom. The Bertz CT molecular complexity index is 1000. The largest absolute Gasteiger partial charge is 0.486 e. The van der Waals surface area contributed by atoms with Crippen LogP contribution >= 0.6 is 23.8 Å². The van der Waals surface area contributed by atoms with Gasteiger partial charge in [0.2, 0.25) is 4.77 Å². The fourth-order valence-corrected chi connectivity index (χ4v) is 4.19. The number of hydrogen-bond donors (Lipinski definition) is 0. The van der Waals surface area contributed by atoms with Gasteiger partial charge in [-0.1, -0.05) is 36.7 Å². The molecule has 2 aromatic carbocycles. The first-order valence-corrected chi connectivity index (χ1v) is 10.7. The maximum Gasteiger partial charge on any atom is 0.203 e. The highest BCUT2D eigenvalue weighted by Crippen LogP contribution is 2.20. The number of nitrogens with zero attached hydrogens (tertiary/aromatic N) is 4. The lowest BCUT2D eigenvalue weighted by Gasteiger charge is -2.30. The van der Waals surface area contributed by atoms with Gasteiger partial charge in [-0.3, -0.25) is 9.47 Å². The van der Waals surface area contributed by atoms with Crippen molar-refractivity contribution in [2.75, 3.05) is 13.1 Å². The Kier molecular flexibility index (Phi) is 6.33. The number of rotatable bonds is 6. The van der Waals surface area contributed by atoms with Crippen molar-refractivity contribution in [2.24, 2.45) is 5.92 Å². The summed E-state index contributed by atoms with van der Waals surface area (Å²) >= 11 is 11.8. The average Bonchev–Trinajstić information content (AvgIpc) is 3.03. The van der Waals surface area contributed by atoms with E-state index in [1.165, 1.54) is 12.8 Å². The summed E-state index contributed by atoms with van der Waals surface area (Å²) in [4.78, 5) is 2.43. The summed E-state index contributed by atoms with van der Waals surface area (Å²) in [6.07, 6.45) is 2.51. The number of para-hydroxylation sites is 1. The van der Waals surface area contributed by atoms with E-state index in [1.54, 1.807) is 0 Å². The van der Waals surface area contributed by atoms with Gasteiger partial charge in [0.05, 0.1) is 6.67 Å². The number of likely N-dealkylation sites (tertiary alicyclic amines) is 1. The van der Waals surface area contributed by atoms with E-state index in [2.05, 4.69) is 11.8 Å². The number of benzene rings is 2. The Morgan fingerprint density at radius 2 is 1.90 bits per heavy atom. The van der Waals surface area contributed by atoms with Crippen LogP contribution in [0.1, 0.15) is 25.6 Å². The number of halogens is 1. The molecular formula is C22H25ClN4OS. The van der Waals surface area contributed by atoms with Crippen molar-refractivity contribution in [3.05, 3.63) is 70.2 Å². The minimum absolute atomic E-state index is 0.323. The van der Waals surface area contributed by atoms with Crippen molar-refractivity contribution >= 4 is 23.8 Å². The summed E-state index contributed by atoms with van der Waals surface area (Å²) in [6, 6.07) is 17.4. The molecule has 2 heterocycles. The molecule has 1 aliphatic rings. The van der Waals surface area contributed by atoms with Gasteiger partial charge in [-0.25, -0.2) is 4.68 Å². The van der Waals surface area contributed by atoms with E-state index in [4.69, 9.17) is 33.7 Å². The van der Waals surface area contributed by atoms with E-state index in [1.807, 2.05) is 63.8 Å². The molecule has 7 heteroatoms. The van der Waals surface area contributed by atoms with Crippen LogP contribution in [-0.4, -0.2) is 32.3 Å². The second-order valence-electron chi connectivity index (χ2n) is 7.58. The molecule has 1 aromatic heterocycles. The van der Waals surface area contributed by atoms with Crippen molar-refractivity contribution in [3.8, 4) is 11.4 Å². The fourth-order valence-electron chi connectivity index (χ4n) is 3.76. The second kappa shape index (κ2) is 9.11. The lowest BCUT2D eigenvalue weighted by atomic mass is 10.0. The molecule has 0 unspecified atom stereocenters. The zero-order valence-electron chi connectivity index (χ0n) is 16.5. The van der Waals surface area contributed by atoms with Crippen molar-refractivity contribution in [1.82, 2.24) is 19.2 Å². The highest BCUT2D eigenvalue weighted by atomic mass is 35.5. The van der Waals surface area contributed by atoms with Crippen LogP contribution in [0.25, 0.3) is 5.69 Å². The van der Waals surface area contributed by atoms with Crippen LogP contribution in [0.15, 0.2) is 54.6 Å². The first-order chi connectivity index (χ1) is 14.1. The van der Waals surface area contributed by atoms with Crippen LogP contribution in [0.5, 0.6) is 5.75 Å². The normalized spacial score (nSPS) is 17.4. The van der Waals surface area contributed by atoms with Crippen LogP contribution in [-0.2, 0) is 13.3 Å². The number of piperidine rings is 1. The van der Waals surface area contributed by atoms with Gasteiger partial charge < -0.3 is 4.74 Å². The molecule has 1 aliphatic heterocycles. The number of ether oxygens (including phenoxy) is 1. The first-order valence-electron chi connectivity index (χ1n) is 9.95. The van der Waals surface area contributed by atoms with Crippen LogP contribution in [0, 0.1) is 10.7 Å². The van der Waals surface area contributed by atoms with Gasteiger partial charge in [-0.05, 0) is 73.9 Å².